The van der Waals surface area contributed by atoms with Gasteiger partial charge >= 0.3 is 0 Å². The Morgan fingerprint density at radius 3 is 2.67 bits per heavy atom. The molecule has 1 unspecified atom stereocenters. The van der Waals surface area contributed by atoms with Gasteiger partial charge in [0.05, 0.1) is 22.7 Å². The number of nitrogens with one attached hydrogen (secondary N) is 1. The molecule has 2 heterocycles. The van der Waals surface area contributed by atoms with Crippen molar-refractivity contribution in [2.45, 2.75) is 26.3 Å². The number of hydrogen-bond donors (Lipinski definition) is 1. The molecule has 0 bridgehead atoms. The van der Waals surface area contributed by atoms with Crippen molar-refractivity contribution in [3.63, 3.8) is 0 Å². The minimum Gasteiger partial charge on any atom is -0.469 e. The van der Waals surface area contributed by atoms with E-state index in [0.717, 1.165) is 34.2 Å². The molecular weight excluding hydrogens is 250 g/mol. The Morgan fingerprint density at radius 1 is 1.50 bits per heavy atom. The molecule has 1 N–H and O–H groups in total. The lowest BCUT2D eigenvalue weighted by Crippen LogP contribution is -2.19. The van der Waals surface area contributed by atoms with Crippen LogP contribution in [0.5, 0.6) is 0 Å². The normalized spacial score (nSPS) is 12.9. The molecule has 0 saturated carbocycles. The lowest BCUT2D eigenvalue weighted by molar-refractivity contribution is 0.515. The predicted molar refractivity (Wildman–Crippen MR) is 71.9 cm³/mol. The van der Waals surface area contributed by atoms with Crippen LogP contribution in [0, 0.1) is 13.8 Å². The van der Waals surface area contributed by atoms with Gasteiger partial charge in [0, 0.05) is 25.1 Å². The zero-order chi connectivity index (χ0) is 13.3. The van der Waals surface area contributed by atoms with E-state index in [2.05, 4.69) is 10.4 Å². The van der Waals surface area contributed by atoms with Crippen LogP contribution in [0.4, 0.5) is 0 Å². The molecular formula is C13H18ClN3O. The molecule has 0 spiro atoms. The monoisotopic (exact) mass is 267 g/mol. The molecule has 98 valence electrons. The summed E-state index contributed by atoms with van der Waals surface area (Å²) in [5.74, 6) is 0.914. The molecule has 4 nitrogen and oxygen atoms in total. The van der Waals surface area contributed by atoms with Crippen molar-refractivity contribution in [3.05, 3.63) is 40.1 Å². The average Bonchev–Trinajstić information content (AvgIpc) is 2.84. The summed E-state index contributed by atoms with van der Waals surface area (Å²) in [7, 11) is 3.85. The molecule has 2 rings (SSSR count). The Hall–Kier alpha value is -1.26. The third kappa shape index (κ3) is 2.44. The van der Waals surface area contributed by atoms with Crippen LogP contribution >= 0.6 is 11.6 Å². The fraction of sp³-hybridized carbons (Fsp3) is 0.462. The van der Waals surface area contributed by atoms with Crippen molar-refractivity contribution in [1.29, 1.82) is 0 Å². The smallest absolute Gasteiger partial charge is 0.101 e. The molecule has 0 fully saturated rings. The second-order valence-corrected chi connectivity index (χ2v) is 4.88. The first kappa shape index (κ1) is 13.2. The van der Waals surface area contributed by atoms with Crippen LogP contribution in [0.1, 0.15) is 28.8 Å². The first-order chi connectivity index (χ1) is 8.52. The predicted octanol–water partition coefficient (Wildman–Crippen LogP) is 2.79. The van der Waals surface area contributed by atoms with E-state index in [1.165, 1.54) is 0 Å². The van der Waals surface area contributed by atoms with Crippen molar-refractivity contribution in [1.82, 2.24) is 15.1 Å². The molecule has 0 radical (unpaired) electrons. The number of rotatable bonds is 4. The molecule has 0 aliphatic carbocycles. The van der Waals surface area contributed by atoms with Gasteiger partial charge < -0.3 is 9.73 Å². The average molecular weight is 268 g/mol. The molecule has 5 heteroatoms. The number of hydrogen-bond acceptors (Lipinski definition) is 3. The minimum absolute atomic E-state index is 0.176. The van der Waals surface area contributed by atoms with Gasteiger partial charge in [0.2, 0.25) is 0 Å². The maximum Gasteiger partial charge on any atom is 0.101 e. The Labute approximate surface area is 112 Å². The second kappa shape index (κ2) is 5.16. The summed E-state index contributed by atoms with van der Waals surface area (Å²) >= 11 is 6.27. The van der Waals surface area contributed by atoms with Crippen molar-refractivity contribution in [2.24, 2.45) is 7.05 Å². The highest BCUT2D eigenvalue weighted by Crippen LogP contribution is 2.26. The van der Waals surface area contributed by atoms with Crippen molar-refractivity contribution in [3.8, 4) is 0 Å². The maximum absolute atomic E-state index is 6.27. The summed E-state index contributed by atoms with van der Waals surface area (Å²) < 4.78 is 7.20. The molecule has 18 heavy (non-hydrogen) atoms. The van der Waals surface area contributed by atoms with E-state index in [4.69, 9.17) is 16.0 Å². The van der Waals surface area contributed by atoms with Gasteiger partial charge in [-0.25, -0.2) is 0 Å². The molecule has 0 saturated heterocycles. The van der Waals surface area contributed by atoms with Gasteiger partial charge in [0.25, 0.3) is 0 Å². The summed E-state index contributed by atoms with van der Waals surface area (Å²) in [6.45, 7) is 3.86. The second-order valence-electron chi connectivity index (χ2n) is 4.51. The summed E-state index contributed by atoms with van der Waals surface area (Å²) in [4.78, 5) is 0. The maximum atomic E-state index is 6.27. The van der Waals surface area contributed by atoms with Crippen LogP contribution < -0.4 is 5.32 Å². The molecule has 0 aliphatic rings. The SMILES string of the molecule is CNC(Cc1c(Cl)c(C)nn1C)c1coc(C)c1. The highest BCUT2D eigenvalue weighted by molar-refractivity contribution is 6.31. The largest absolute Gasteiger partial charge is 0.469 e. The third-order valence-corrected chi connectivity index (χ3v) is 3.65. The van der Waals surface area contributed by atoms with Gasteiger partial charge in [-0.2, -0.15) is 5.10 Å². The Bertz CT molecular complexity index is 544. The number of likely N-dealkylation sites (N-methyl/N-ethyl adjacent to an activating group) is 1. The molecule has 0 amide bonds. The summed E-state index contributed by atoms with van der Waals surface area (Å²) in [5, 5.41) is 8.36. The van der Waals surface area contributed by atoms with Gasteiger partial charge in [-0.05, 0) is 27.0 Å². The van der Waals surface area contributed by atoms with E-state index in [1.807, 2.05) is 38.7 Å². The topological polar surface area (TPSA) is 43.0 Å². The van der Waals surface area contributed by atoms with Crippen LogP contribution in [-0.4, -0.2) is 16.8 Å². The zero-order valence-corrected chi connectivity index (χ0v) is 11.9. The minimum atomic E-state index is 0.176. The molecule has 2 aromatic heterocycles. The number of aromatic nitrogens is 2. The number of halogens is 1. The van der Waals surface area contributed by atoms with Crippen LogP contribution in [0.15, 0.2) is 16.7 Å². The van der Waals surface area contributed by atoms with Gasteiger partial charge in [0.1, 0.15) is 5.76 Å². The van der Waals surface area contributed by atoms with E-state index >= 15 is 0 Å². The lowest BCUT2D eigenvalue weighted by atomic mass is 10.0. The lowest BCUT2D eigenvalue weighted by Gasteiger charge is -2.14. The zero-order valence-electron chi connectivity index (χ0n) is 11.1. The van der Waals surface area contributed by atoms with E-state index in [0.29, 0.717) is 0 Å². The number of furan rings is 1. The van der Waals surface area contributed by atoms with Gasteiger partial charge in [0.15, 0.2) is 0 Å². The van der Waals surface area contributed by atoms with E-state index in [-0.39, 0.29) is 6.04 Å². The molecule has 1 atom stereocenters. The van der Waals surface area contributed by atoms with E-state index < -0.39 is 0 Å². The van der Waals surface area contributed by atoms with Gasteiger partial charge in [-0.1, -0.05) is 11.6 Å². The van der Waals surface area contributed by atoms with Crippen molar-refractivity contribution < 1.29 is 4.42 Å². The Kier molecular flexibility index (Phi) is 3.78. The highest BCUT2D eigenvalue weighted by Gasteiger charge is 2.18. The molecule has 0 aromatic carbocycles. The summed E-state index contributed by atoms with van der Waals surface area (Å²) in [6.07, 6.45) is 2.57. The fourth-order valence-corrected chi connectivity index (χ4v) is 2.37. The van der Waals surface area contributed by atoms with Crippen LogP contribution in [0.3, 0.4) is 0 Å². The summed E-state index contributed by atoms with van der Waals surface area (Å²) in [5.41, 5.74) is 3.03. The quantitative estimate of drug-likeness (QED) is 0.926. The molecule has 0 aliphatic heterocycles. The molecule has 2 aromatic rings. The highest BCUT2D eigenvalue weighted by atomic mass is 35.5. The number of aryl methyl sites for hydroxylation is 3. The van der Waals surface area contributed by atoms with Crippen LogP contribution in [0.25, 0.3) is 0 Å². The van der Waals surface area contributed by atoms with E-state index in [9.17, 15) is 0 Å². The first-order valence-electron chi connectivity index (χ1n) is 5.93. The first-order valence-corrected chi connectivity index (χ1v) is 6.31. The van der Waals surface area contributed by atoms with Crippen molar-refractivity contribution >= 4 is 11.6 Å². The van der Waals surface area contributed by atoms with Crippen molar-refractivity contribution in [2.75, 3.05) is 7.05 Å². The van der Waals surface area contributed by atoms with E-state index in [1.54, 1.807) is 6.26 Å². The Balaban J connectivity index is 2.25. The van der Waals surface area contributed by atoms with Gasteiger partial charge in [-0.15, -0.1) is 0 Å². The fourth-order valence-electron chi connectivity index (χ4n) is 2.13. The summed E-state index contributed by atoms with van der Waals surface area (Å²) in [6, 6.07) is 2.22. The third-order valence-electron chi connectivity index (χ3n) is 3.16. The van der Waals surface area contributed by atoms with Crippen LogP contribution in [0.2, 0.25) is 5.02 Å². The number of nitrogens with zero attached hydrogens (tertiary/aromatic N) is 2. The van der Waals surface area contributed by atoms with Crippen LogP contribution in [-0.2, 0) is 13.5 Å². The standard InChI is InChI=1S/C13H18ClN3O/c1-8-5-10(7-18-8)11(15-3)6-12-13(14)9(2)16-17(12)4/h5,7,11,15H,6H2,1-4H3. The van der Waals surface area contributed by atoms with Gasteiger partial charge in [-0.3, -0.25) is 4.68 Å². The Morgan fingerprint density at radius 2 is 2.22 bits per heavy atom.